The van der Waals surface area contributed by atoms with Crippen molar-refractivity contribution in [3.05, 3.63) is 0 Å². The molecule has 4 N–H and O–H groups in total. The van der Waals surface area contributed by atoms with E-state index < -0.39 is 107 Å². The molecule has 0 amide bonds. The third kappa shape index (κ3) is 11.8. The largest absolute Gasteiger partial charge is 0.461 e. The summed E-state index contributed by atoms with van der Waals surface area (Å²) in [6, 6.07) is -1.34. The van der Waals surface area contributed by atoms with Crippen LogP contribution < -0.4 is 4.72 Å². The Balaban J connectivity index is 2.25. The molecule has 0 bridgehead atoms. The number of carbonyl (C=O) groups is 1. The molecular formula is C39H75N3O13S. The van der Waals surface area contributed by atoms with E-state index in [1.54, 1.807) is 27.9 Å². The van der Waals surface area contributed by atoms with Gasteiger partial charge in [0.1, 0.15) is 18.3 Å². The maximum Gasteiger partial charge on any atom is 0.311 e. The Kier molecular flexibility index (Phi) is 18.0. The lowest BCUT2D eigenvalue weighted by Crippen LogP contribution is -2.62. The van der Waals surface area contributed by atoms with Crippen LogP contribution in [0.4, 0.5) is 0 Å². The van der Waals surface area contributed by atoms with E-state index in [9.17, 15) is 28.5 Å². The fourth-order valence-electron chi connectivity index (χ4n) is 8.84. The number of ether oxygens (including phenoxy) is 7. The number of aliphatic hydroxyl groups excluding tert-OH is 3. The van der Waals surface area contributed by atoms with Crippen molar-refractivity contribution < 1.29 is 61.7 Å². The van der Waals surface area contributed by atoms with Gasteiger partial charge in [-0.05, 0) is 87.9 Å². The van der Waals surface area contributed by atoms with Crippen LogP contribution in [0.5, 0.6) is 0 Å². The number of cyclic esters (lactones) is 1. The maximum absolute atomic E-state index is 14.3. The number of carbonyl (C=O) groups excluding carboxylic acids is 1. The third-order valence-electron chi connectivity index (χ3n) is 12.7. The van der Waals surface area contributed by atoms with Gasteiger partial charge in [0.25, 0.3) is 0 Å². The normalized spacial score (nSPS) is 44.3. The molecule has 0 aromatic carbocycles. The second-order valence-electron chi connectivity index (χ2n) is 17.3. The van der Waals surface area contributed by atoms with Crippen LogP contribution in [0.15, 0.2) is 0 Å². The zero-order valence-electron chi connectivity index (χ0n) is 36.3. The summed E-state index contributed by atoms with van der Waals surface area (Å²) in [5.74, 6) is -2.90. The van der Waals surface area contributed by atoms with Crippen molar-refractivity contribution in [1.82, 2.24) is 14.5 Å². The van der Waals surface area contributed by atoms with E-state index in [1.165, 1.54) is 7.11 Å². The highest BCUT2D eigenvalue weighted by Crippen LogP contribution is 2.41. The molecule has 3 rings (SSSR count). The Morgan fingerprint density at radius 2 is 1.61 bits per heavy atom. The molecule has 17 heteroatoms. The maximum atomic E-state index is 14.3. The Bertz CT molecular complexity index is 1350. The predicted octanol–water partition coefficient (Wildman–Crippen LogP) is 1.72. The number of hydrogen-bond acceptors (Lipinski definition) is 15. The Morgan fingerprint density at radius 3 is 2.16 bits per heavy atom. The van der Waals surface area contributed by atoms with Gasteiger partial charge >= 0.3 is 5.97 Å². The number of nitrogens with one attached hydrogen (secondary N) is 1. The highest BCUT2D eigenvalue weighted by molar-refractivity contribution is 7.89. The van der Waals surface area contributed by atoms with E-state index in [4.69, 9.17) is 33.2 Å². The monoisotopic (exact) mass is 826 g/mol. The zero-order chi connectivity index (χ0) is 42.5. The SMILES string of the molecule is CC[C@@H]1CN(C)[C@@H](C)[C@@H](NS(=O)(=O)CCO)[C@H](C)C[C@](C)(OC)[C@H](O[C@@H]2O[C@H](C)C[C@H](N(C)C)[C@H]2O)[C@@H](C)[C@H](O[C@H]2C[C@@](C)(OC)[C@@H](O)[C@H](C)O2)[C@@H](C)C(=O)O1. The summed E-state index contributed by atoms with van der Waals surface area (Å²) >= 11 is 0. The molecule has 3 aliphatic heterocycles. The summed E-state index contributed by atoms with van der Waals surface area (Å²) in [5, 5.41) is 32.3. The average Bonchev–Trinajstić information content (AvgIpc) is 3.13. The third-order valence-corrected chi connectivity index (χ3v) is 14.1. The lowest BCUT2D eigenvalue weighted by atomic mass is 9.75. The van der Waals surface area contributed by atoms with Gasteiger partial charge in [-0.25, -0.2) is 13.1 Å². The molecule has 17 atom stereocenters. The molecule has 56 heavy (non-hydrogen) atoms. The summed E-state index contributed by atoms with van der Waals surface area (Å²) in [6.07, 6.45) is -5.82. The van der Waals surface area contributed by atoms with Gasteiger partial charge in [0.05, 0.1) is 53.9 Å². The molecule has 0 aromatic heterocycles. The van der Waals surface area contributed by atoms with E-state index in [1.807, 2.05) is 72.5 Å². The number of rotatable bonds is 12. The first-order valence-corrected chi connectivity index (χ1v) is 21.9. The molecule has 0 unspecified atom stereocenters. The van der Waals surface area contributed by atoms with Gasteiger partial charge in [-0.15, -0.1) is 0 Å². The van der Waals surface area contributed by atoms with E-state index >= 15 is 0 Å². The summed E-state index contributed by atoms with van der Waals surface area (Å²) in [7, 11) is 4.82. The number of aliphatic hydroxyl groups is 3. The second kappa shape index (κ2) is 20.5. The quantitative estimate of drug-likeness (QED) is 0.208. The number of likely N-dealkylation sites (N-methyl/N-ethyl adjacent to an activating group) is 2. The van der Waals surface area contributed by atoms with Gasteiger partial charge in [-0.3, -0.25) is 9.69 Å². The van der Waals surface area contributed by atoms with E-state index in [2.05, 4.69) is 4.72 Å². The van der Waals surface area contributed by atoms with Gasteiger partial charge in [0.15, 0.2) is 12.6 Å². The molecule has 0 aliphatic carbocycles. The van der Waals surface area contributed by atoms with Gasteiger partial charge in [0, 0.05) is 51.2 Å². The van der Waals surface area contributed by atoms with E-state index in [0.29, 0.717) is 19.4 Å². The van der Waals surface area contributed by atoms with Crippen molar-refractivity contribution in [1.29, 1.82) is 0 Å². The van der Waals surface area contributed by atoms with Crippen molar-refractivity contribution in [2.24, 2.45) is 17.8 Å². The first-order valence-electron chi connectivity index (χ1n) is 20.2. The fraction of sp³-hybridized carbons (Fsp3) is 0.974. The molecule has 0 radical (unpaired) electrons. The number of methoxy groups -OCH3 is 2. The molecule has 330 valence electrons. The molecule has 3 aliphatic rings. The smallest absolute Gasteiger partial charge is 0.311 e. The van der Waals surface area contributed by atoms with Crippen molar-refractivity contribution >= 4 is 16.0 Å². The lowest BCUT2D eigenvalue weighted by Gasteiger charge is -2.50. The number of hydrogen-bond donors (Lipinski definition) is 4. The Hall–Kier alpha value is -1.06. The predicted molar refractivity (Wildman–Crippen MR) is 210 cm³/mol. The molecule has 0 aromatic rings. The van der Waals surface area contributed by atoms with Crippen LogP contribution in [0.25, 0.3) is 0 Å². The molecular weight excluding hydrogens is 751 g/mol. The van der Waals surface area contributed by atoms with Crippen LogP contribution in [-0.2, 0) is 48.0 Å². The average molecular weight is 826 g/mol. The van der Waals surface area contributed by atoms with Gasteiger partial charge in [-0.2, -0.15) is 0 Å². The first-order chi connectivity index (χ1) is 26.0. The van der Waals surface area contributed by atoms with Gasteiger partial charge in [-0.1, -0.05) is 20.8 Å². The van der Waals surface area contributed by atoms with E-state index in [0.717, 1.165) is 0 Å². The fourth-order valence-corrected chi connectivity index (χ4v) is 10.0. The number of sulfonamides is 1. The highest BCUT2D eigenvalue weighted by Gasteiger charge is 2.52. The Morgan fingerprint density at radius 1 is 0.982 bits per heavy atom. The van der Waals surface area contributed by atoms with Crippen LogP contribution in [-0.4, -0.2) is 178 Å². The second-order valence-corrected chi connectivity index (χ2v) is 19.2. The van der Waals surface area contributed by atoms with Crippen LogP contribution in [0, 0.1) is 17.8 Å². The summed E-state index contributed by atoms with van der Waals surface area (Å²) in [4.78, 5) is 18.2. The molecule has 3 saturated heterocycles. The van der Waals surface area contributed by atoms with E-state index in [-0.39, 0.29) is 36.9 Å². The van der Waals surface area contributed by atoms with Crippen molar-refractivity contribution in [2.45, 2.75) is 173 Å². The minimum Gasteiger partial charge on any atom is -0.461 e. The minimum absolute atomic E-state index is 0.159. The van der Waals surface area contributed by atoms with Crippen LogP contribution in [0.3, 0.4) is 0 Å². The van der Waals surface area contributed by atoms with Crippen molar-refractivity contribution in [2.75, 3.05) is 54.3 Å². The minimum atomic E-state index is -3.90. The van der Waals surface area contributed by atoms with Crippen LogP contribution in [0.2, 0.25) is 0 Å². The number of nitrogens with zero attached hydrogens (tertiary/aromatic N) is 2. The van der Waals surface area contributed by atoms with Crippen molar-refractivity contribution in [3.63, 3.8) is 0 Å². The van der Waals surface area contributed by atoms with Crippen LogP contribution >= 0.6 is 0 Å². The lowest BCUT2D eigenvalue weighted by molar-refractivity contribution is -0.319. The topological polar surface area (TPSA) is 195 Å². The zero-order valence-corrected chi connectivity index (χ0v) is 37.2. The Labute approximate surface area is 336 Å². The van der Waals surface area contributed by atoms with Gasteiger partial charge < -0.3 is 53.4 Å². The molecule has 16 nitrogen and oxygen atoms in total. The first kappa shape index (κ1) is 49.3. The highest BCUT2D eigenvalue weighted by atomic mass is 32.2. The molecule has 3 heterocycles. The molecule has 3 fully saturated rings. The van der Waals surface area contributed by atoms with Crippen LogP contribution in [0.1, 0.15) is 88.0 Å². The summed E-state index contributed by atoms with van der Waals surface area (Å²) < 4.78 is 74.1. The summed E-state index contributed by atoms with van der Waals surface area (Å²) in [5.41, 5.74) is -2.21. The van der Waals surface area contributed by atoms with Crippen molar-refractivity contribution in [3.8, 4) is 0 Å². The standard InChI is InChI=1S/C39H75N3O13S/c1-15-28-21-42(12)26(6)31(40-56(47,48)17-16-43)22(2)19-39(9,50-14)35(55-37-32(44)29(41(10)11)18-23(3)51-37)24(4)33(25(5)36(46)53-28)54-30-20-38(8,49-13)34(45)27(7)52-30/h22-35,37,40,43-45H,15-21H2,1-14H3/t22-,23-,24+,25-,26+,27+,28-,29+,30+,31+,32-,33+,34+,35-,37+,38-,39+/m1/s1. The van der Waals surface area contributed by atoms with Gasteiger partial charge in [0.2, 0.25) is 10.0 Å². The molecule has 0 spiro atoms. The molecule has 0 saturated carbocycles. The number of esters is 1. The summed E-state index contributed by atoms with van der Waals surface area (Å²) in [6.45, 7) is 16.5.